The lowest BCUT2D eigenvalue weighted by Gasteiger charge is -2.30. The van der Waals surface area contributed by atoms with E-state index in [0.717, 1.165) is 25.7 Å². The molecule has 1 saturated carbocycles. The van der Waals surface area contributed by atoms with E-state index < -0.39 is 29.0 Å². The summed E-state index contributed by atoms with van der Waals surface area (Å²) >= 11 is 0. The van der Waals surface area contributed by atoms with Gasteiger partial charge in [0.05, 0.1) is 28.6 Å². The summed E-state index contributed by atoms with van der Waals surface area (Å²) in [4.78, 5) is 24.8. The molecule has 7 nitrogen and oxygen atoms in total. The van der Waals surface area contributed by atoms with Crippen LogP contribution in [0.25, 0.3) is 5.69 Å². The second-order valence-corrected chi connectivity index (χ2v) is 9.97. The molecule has 3 N–H and O–H groups in total. The summed E-state index contributed by atoms with van der Waals surface area (Å²) in [5.74, 6) is -1.21. The molecule has 0 unspecified atom stereocenters. The minimum absolute atomic E-state index is 0.0202. The van der Waals surface area contributed by atoms with Crippen molar-refractivity contribution < 1.29 is 27.5 Å². The normalized spacial score (nSPS) is 22.4. The number of hydrogen-bond donors (Lipinski definition) is 2. The van der Waals surface area contributed by atoms with Gasteiger partial charge in [-0.1, -0.05) is 13.8 Å². The molecule has 0 radical (unpaired) electrons. The van der Waals surface area contributed by atoms with E-state index in [1.54, 1.807) is 13.2 Å². The molecule has 184 valence electrons. The summed E-state index contributed by atoms with van der Waals surface area (Å²) in [6.45, 7) is 3.69. The molecular weight excluding hydrogens is 449 g/mol. The Morgan fingerprint density at radius 2 is 1.88 bits per heavy atom. The maximum absolute atomic E-state index is 13.8. The van der Waals surface area contributed by atoms with Crippen LogP contribution in [0.3, 0.4) is 0 Å². The molecule has 1 aromatic heterocycles. The maximum atomic E-state index is 13.8. The van der Waals surface area contributed by atoms with Crippen LogP contribution >= 0.6 is 0 Å². The monoisotopic (exact) mass is 478 g/mol. The van der Waals surface area contributed by atoms with Crippen molar-refractivity contribution in [2.45, 2.75) is 70.7 Å². The fourth-order valence-corrected chi connectivity index (χ4v) is 5.02. The van der Waals surface area contributed by atoms with Crippen molar-refractivity contribution in [1.29, 1.82) is 0 Å². The molecule has 2 aliphatic rings. The number of fused-ring (bicyclic) bond motifs is 1. The lowest BCUT2D eigenvalue weighted by atomic mass is 9.75. The first-order chi connectivity index (χ1) is 15.9. The van der Waals surface area contributed by atoms with Gasteiger partial charge in [-0.3, -0.25) is 9.59 Å². The molecule has 10 heteroatoms. The predicted octanol–water partition coefficient (Wildman–Crippen LogP) is 4.51. The Morgan fingerprint density at radius 3 is 2.47 bits per heavy atom. The molecule has 4 rings (SSSR count). The number of halogens is 3. The van der Waals surface area contributed by atoms with Crippen molar-refractivity contribution in [3.63, 3.8) is 0 Å². The van der Waals surface area contributed by atoms with Gasteiger partial charge < -0.3 is 15.8 Å². The largest absolute Gasteiger partial charge is 0.435 e. The van der Waals surface area contributed by atoms with Crippen molar-refractivity contribution in [3.8, 4) is 5.69 Å². The van der Waals surface area contributed by atoms with Gasteiger partial charge in [-0.2, -0.15) is 18.3 Å². The van der Waals surface area contributed by atoms with E-state index in [1.807, 2.05) is 13.8 Å². The zero-order valence-corrected chi connectivity index (χ0v) is 19.5. The topological polar surface area (TPSA) is 99.2 Å². The van der Waals surface area contributed by atoms with Crippen LogP contribution in [0.4, 0.5) is 18.9 Å². The number of ether oxygens (including phenoxy) is 1. The first-order valence-electron chi connectivity index (χ1n) is 11.4. The Morgan fingerprint density at radius 1 is 1.21 bits per heavy atom. The van der Waals surface area contributed by atoms with Gasteiger partial charge in [0, 0.05) is 25.3 Å². The summed E-state index contributed by atoms with van der Waals surface area (Å²) in [5.41, 5.74) is 4.76. The second-order valence-electron chi connectivity index (χ2n) is 9.97. The summed E-state index contributed by atoms with van der Waals surface area (Å²) < 4.78 is 47.9. The predicted molar refractivity (Wildman–Crippen MR) is 120 cm³/mol. The number of ketones is 1. The number of anilines is 1. The number of benzene rings is 1. The van der Waals surface area contributed by atoms with Gasteiger partial charge >= 0.3 is 6.18 Å². The van der Waals surface area contributed by atoms with Crippen molar-refractivity contribution in [1.82, 2.24) is 9.78 Å². The third-order valence-electron chi connectivity index (χ3n) is 6.69. The molecule has 1 fully saturated rings. The van der Waals surface area contributed by atoms with E-state index in [1.165, 1.54) is 16.8 Å². The summed E-state index contributed by atoms with van der Waals surface area (Å²) in [7, 11) is 1.68. The summed E-state index contributed by atoms with van der Waals surface area (Å²) in [5, 5.41) is 7.18. The summed E-state index contributed by atoms with van der Waals surface area (Å²) in [6.07, 6.45) is -0.932. The van der Waals surface area contributed by atoms with Crippen LogP contribution in [0.2, 0.25) is 0 Å². The standard InChI is InChI=1S/C24H29F3N4O3/c1-23(2)11-18-20(19(32)12-23)21(24(25,26)27)30-31(18)14-6-9-16(22(28)33)17(10-14)29-13-4-7-15(34-3)8-5-13/h6,9-10,13,15,29H,4-5,7-8,11-12H2,1-3H3,(H2,28,33). The highest BCUT2D eigenvalue weighted by atomic mass is 19.4. The quantitative estimate of drug-likeness (QED) is 0.659. The Kier molecular flexibility index (Phi) is 6.22. The average Bonchev–Trinajstić information content (AvgIpc) is 3.13. The number of carbonyl (C=O) groups excluding carboxylic acids is 2. The minimum atomic E-state index is -4.76. The average molecular weight is 479 g/mol. The van der Waals surface area contributed by atoms with Crippen molar-refractivity contribution >= 4 is 17.4 Å². The van der Waals surface area contributed by atoms with Gasteiger partial charge in [-0.15, -0.1) is 0 Å². The molecule has 0 aliphatic heterocycles. The van der Waals surface area contributed by atoms with Crippen LogP contribution in [-0.4, -0.2) is 40.7 Å². The van der Waals surface area contributed by atoms with E-state index in [2.05, 4.69) is 10.4 Å². The first-order valence-corrected chi connectivity index (χ1v) is 11.4. The Balaban J connectivity index is 1.77. The molecule has 2 aliphatic carbocycles. The molecule has 1 heterocycles. The molecule has 0 spiro atoms. The van der Waals surface area contributed by atoms with Gasteiger partial charge in [0.2, 0.25) is 0 Å². The number of carbonyl (C=O) groups is 2. The highest BCUT2D eigenvalue weighted by molar-refractivity contribution is 6.00. The van der Waals surface area contributed by atoms with E-state index in [0.29, 0.717) is 11.4 Å². The highest BCUT2D eigenvalue weighted by Crippen LogP contribution is 2.42. The van der Waals surface area contributed by atoms with Crippen LogP contribution < -0.4 is 11.1 Å². The van der Waals surface area contributed by atoms with Crippen molar-refractivity contribution in [2.24, 2.45) is 11.1 Å². The van der Waals surface area contributed by atoms with Gasteiger partial charge in [-0.25, -0.2) is 4.68 Å². The van der Waals surface area contributed by atoms with E-state index in [9.17, 15) is 22.8 Å². The fourth-order valence-electron chi connectivity index (χ4n) is 5.02. The zero-order valence-electron chi connectivity index (χ0n) is 19.5. The highest BCUT2D eigenvalue weighted by Gasteiger charge is 2.45. The van der Waals surface area contributed by atoms with Crippen molar-refractivity contribution in [2.75, 3.05) is 12.4 Å². The van der Waals surface area contributed by atoms with Crippen LogP contribution in [0, 0.1) is 5.41 Å². The smallest absolute Gasteiger partial charge is 0.382 e. The number of aromatic nitrogens is 2. The number of nitrogens with two attached hydrogens (primary N) is 1. The number of amides is 1. The number of nitrogens with zero attached hydrogens (tertiary/aromatic N) is 2. The van der Waals surface area contributed by atoms with E-state index >= 15 is 0 Å². The van der Waals surface area contributed by atoms with E-state index in [4.69, 9.17) is 10.5 Å². The lowest BCUT2D eigenvalue weighted by molar-refractivity contribution is -0.141. The molecule has 34 heavy (non-hydrogen) atoms. The SMILES string of the molecule is COC1CCC(Nc2cc(-n3nc(C(F)(F)F)c4c3CC(C)(C)CC4=O)ccc2C(N)=O)CC1. The van der Waals surface area contributed by atoms with Crippen LogP contribution in [-0.2, 0) is 17.3 Å². The fraction of sp³-hybridized carbons (Fsp3) is 0.542. The molecule has 0 atom stereocenters. The molecule has 1 amide bonds. The molecule has 0 saturated heterocycles. The Labute approximate surface area is 195 Å². The van der Waals surface area contributed by atoms with Gasteiger partial charge in [-0.05, 0) is 55.7 Å². The first kappa shape index (κ1) is 24.3. The minimum Gasteiger partial charge on any atom is -0.382 e. The van der Waals surface area contributed by atoms with E-state index in [-0.39, 0.29) is 41.8 Å². The Hall–Kier alpha value is -2.88. The molecule has 1 aromatic carbocycles. The zero-order chi connectivity index (χ0) is 24.8. The molecular formula is C24H29F3N4O3. The third-order valence-corrected chi connectivity index (χ3v) is 6.69. The van der Waals surface area contributed by atoms with Crippen LogP contribution in [0.5, 0.6) is 0 Å². The number of rotatable bonds is 5. The number of Topliss-reactive ketones (excluding diaryl/α,β-unsaturated/α-hetero) is 1. The van der Waals surface area contributed by atoms with Gasteiger partial charge in [0.15, 0.2) is 11.5 Å². The number of alkyl halides is 3. The number of primary amides is 1. The third kappa shape index (κ3) is 4.68. The van der Waals surface area contributed by atoms with Crippen LogP contribution in [0.1, 0.15) is 78.1 Å². The van der Waals surface area contributed by atoms with Crippen molar-refractivity contribution in [3.05, 3.63) is 40.7 Å². The Bertz CT molecular complexity index is 1120. The van der Waals surface area contributed by atoms with Gasteiger partial charge in [0.25, 0.3) is 5.91 Å². The molecule has 0 bridgehead atoms. The number of hydrogen-bond acceptors (Lipinski definition) is 5. The molecule has 2 aromatic rings. The van der Waals surface area contributed by atoms with Gasteiger partial charge in [0.1, 0.15) is 0 Å². The number of nitrogens with one attached hydrogen (secondary N) is 1. The second kappa shape index (κ2) is 8.72. The summed E-state index contributed by atoms with van der Waals surface area (Å²) in [6, 6.07) is 4.64. The maximum Gasteiger partial charge on any atom is 0.435 e. The number of methoxy groups -OCH3 is 1. The lowest BCUT2D eigenvalue weighted by Crippen LogP contribution is -2.30. The van der Waals surface area contributed by atoms with Crippen LogP contribution in [0.15, 0.2) is 18.2 Å².